The van der Waals surface area contributed by atoms with Crippen LogP contribution in [0.5, 0.6) is 0 Å². The molecule has 1 N–H and O–H groups in total. The van der Waals surface area contributed by atoms with Crippen molar-refractivity contribution in [2.24, 2.45) is 0 Å². The number of amides is 1. The molecule has 0 aliphatic carbocycles. The Labute approximate surface area is 180 Å². The van der Waals surface area contributed by atoms with Crippen molar-refractivity contribution in [3.8, 4) is 0 Å². The molecule has 1 atom stereocenters. The number of aryl methyl sites for hydroxylation is 2. The van der Waals surface area contributed by atoms with E-state index < -0.39 is 17.7 Å². The summed E-state index contributed by atoms with van der Waals surface area (Å²) in [6, 6.07) is 20.9. The minimum Gasteiger partial charge on any atom is -0.507 e. The van der Waals surface area contributed by atoms with Gasteiger partial charge >= 0.3 is 0 Å². The largest absolute Gasteiger partial charge is 0.507 e. The summed E-state index contributed by atoms with van der Waals surface area (Å²) in [7, 11) is 0. The Hall–Kier alpha value is -3.37. The molecule has 3 aromatic carbocycles. The highest BCUT2D eigenvalue weighted by atomic mass is 35.5. The average Bonchev–Trinajstić information content (AvgIpc) is 2.98. The van der Waals surface area contributed by atoms with Gasteiger partial charge in [0, 0.05) is 16.3 Å². The lowest BCUT2D eigenvalue weighted by atomic mass is 9.94. The highest BCUT2D eigenvalue weighted by Gasteiger charge is 2.47. The second-order valence-electron chi connectivity index (χ2n) is 7.43. The molecule has 1 fully saturated rings. The molecule has 4 rings (SSSR count). The van der Waals surface area contributed by atoms with E-state index in [1.807, 2.05) is 56.3 Å². The van der Waals surface area contributed by atoms with Gasteiger partial charge in [-0.05, 0) is 49.2 Å². The number of aliphatic hydroxyl groups excluding tert-OH is 1. The quantitative estimate of drug-likeness (QED) is 0.343. The fourth-order valence-corrected chi connectivity index (χ4v) is 4.01. The first-order valence-corrected chi connectivity index (χ1v) is 9.95. The van der Waals surface area contributed by atoms with Crippen molar-refractivity contribution in [3.05, 3.63) is 106 Å². The lowest BCUT2D eigenvalue weighted by molar-refractivity contribution is -0.132. The molecule has 5 heteroatoms. The van der Waals surface area contributed by atoms with Crippen molar-refractivity contribution in [2.75, 3.05) is 4.90 Å². The molecule has 1 unspecified atom stereocenters. The van der Waals surface area contributed by atoms with Crippen LogP contribution in [0.1, 0.15) is 28.3 Å². The van der Waals surface area contributed by atoms with Gasteiger partial charge in [-0.3, -0.25) is 14.5 Å². The van der Waals surface area contributed by atoms with E-state index in [9.17, 15) is 14.7 Å². The van der Waals surface area contributed by atoms with E-state index in [1.54, 1.807) is 30.3 Å². The van der Waals surface area contributed by atoms with E-state index in [2.05, 4.69) is 0 Å². The van der Waals surface area contributed by atoms with Crippen molar-refractivity contribution in [2.45, 2.75) is 19.9 Å². The normalized spacial score (nSPS) is 18.1. The molecule has 1 saturated heterocycles. The fraction of sp³-hybridized carbons (Fsp3) is 0.120. The van der Waals surface area contributed by atoms with Crippen molar-refractivity contribution in [1.82, 2.24) is 0 Å². The van der Waals surface area contributed by atoms with Crippen LogP contribution >= 0.6 is 11.6 Å². The molecule has 150 valence electrons. The first kappa shape index (κ1) is 19.9. The summed E-state index contributed by atoms with van der Waals surface area (Å²) in [4.78, 5) is 27.7. The zero-order valence-corrected chi connectivity index (χ0v) is 17.4. The minimum absolute atomic E-state index is 0.0503. The van der Waals surface area contributed by atoms with E-state index in [1.165, 1.54) is 4.90 Å². The number of benzene rings is 3. The average molecular weight is 418 g/mol. The second-order valence-corrected chi connectivity index (χ2v) is 7.87. The van der Waals surface area contributed by atoms with Crippen molar-refractivity contribution in [3.63, 3.8) is 0 Å². The topological polar surface area (TPSA) is 57.6 Å². The van der Waals surface area contributed by atoms with Crippen LogP contribution in [0.4, 0.5) is 5.69 Å². The summed E-state index contributed by atoms with van der Waals surface area (Å²) in [6.07, 6.45) is 0. The second kappa shape index (κ2) is 7.81. The molecule has 1 amide bonds. The van der Waals surface area contributed by atoms with E-state index >= 15 is 0 Å². The lowest BCUT2D eigenvalue weighted by Crippen LogP contribution is -2.29. The summed E-state index contributed by atoms with van der Waals surface area (Å²) in [5, 5.41) is 11.5. The van der Waals surface area contributed by atoms with E-state index in [4.69, 9.17) is 11.6 Å². The highest BCUT2D eigenvalue weighted by Crippen LogP contribution is 2.42. The number of rotatable bonds is 3. The maximum atomic E-state index is 13.1. The van der Waals surface area contributed by atoms with Crippen LogP contribution in [0.15, 0.2) is 78.4 Å². The molecule has 0 spiro atoms. The maximum absolute atomic E-state index is 13.1. The number of ketones is 1. The predicted molar refractivity (Wildman–Crippen MR) is 119 cm³/mol. The highest BCUT2D eigenvalue weighted by molar-refractivity contribution is 6.51. The first-order valence-electron chi connectivity index (χ1n) is 9.57. The van der Waals surface area contributed by atoms with E-state index in [-0.39, 0.29) is 11.3 Å². The molecule has 0 aromatic heterocycles. The number of hydrogen-bond donors (Lipinski definition) is 1. The van der Waals surface area contributed by atoms with Gasteiger partial charge in [-0.2, -0.15) is 0 Å². The van der Waals surface area contributed by atoms with Crippen LogP contribution in [0.2, 0.25) is 5.02 Å². The Morgan fingerprint density at radius 2 is 1.57 bits per heavy atom. The Morgan fingerprint density at radius 3 is 2.23 bits per heavy atom. The molecule has 0 bridgehead atoms. The smallest absolute Gasteiger partial charge is 0.300 e. The Balaban J connectivity index is 1.98. The van der Waals surface area contributed by atoms with Gasteiger partial charge in [0.2, 0.25) is 0 Å². The van der Waals surface area contributed by atoms with E-state index in [0.717, 1.165) is 16.7 Å². The Kier molecular flexibility index (Phi) is 5.18. The van der Waals surface area contributed by atoms with Crippen molar-refractivity contribution >= 4 is 34.7 Å². The third kappa shape index (κ3) is 3.51. The number of Topliss-reactive ketones (excluding diaryl/α,β-unsaturated/α-hetero) is 1. The molecule has 1 aliphatic heterocycles. The monoisotopic (exact) mass is 417 g/mol. The lowest BCUT2D eigenvalue weighted by Gasteiger charge is -2.26. The molecule has 30 heavy (non-hydrogen) atoms. The molecule has 0 radical (unpaired) electrons. The van der Waals surface area contributed by atoms with Gasteiger partial charge in [-0.15, -0.1) is 0 Å². The van der Waals surface area contributed by atoms with Gasteiger partial charge in [0.25, 0.3) is 11.7 Å². The summed E-state index contributed by atoms with van der Waals surface area (Å²) >= 11 is 6.08. The van der Waals surface area contributed by atoms with Gasteiger partial charge in [0.1, 0.15) is 5.76 Å². The van der Waals surface area contributed by atoms with Crippen LogP contribution in [0.25, 0.3) is 5.76 Å². The zero-order chi connectivity index (χ0) is 21.4. The molecular formula is C25H20ClNO3. The molecule has 3 aromatic rings. The molecule has 1 aliphatic rings. The third-order valence-corrected chi connectivity index (χ3v) is 5.42. The maximum Gasteiger partial charge on any atom is 0.300 e. The van der Waals surface area contributed by atoms with Gasteiger partial charge in [-0.1, -0.05) is 65.7 Å². The number of anilines is 1. The van der Waals surface area contributed by atoms with Crippen LogP contribution in [0.3, 0.4) is 0 Å². The summed E-state index contributed by atoms with van der Waals surface area (Å²) in [5.74, 6) is -1.63. The number of hydrogen-bond acceptors (Lipinski definition) is 3. The fourth-order valence-electron chi connectivity index (χ4n) is 3.82. The molecule has 0 saturated carbocycles. The minimum atomic E-state index is -0.745. The molecular weight excluding hydrogens is 398 g/mol. The first-order chi connectivity index (χ1) is 14.4. The van der Waals surface area contributed by atoms with Crippen molar-refractivity contribution < 1.29 is 14.7 Å². The Morgan fingerprint density at radius 1 is 0.900 bits per heavy atom. The van der Waals surface area contributed by atoms with Crippen LogP contribution in [-0.4, -0.2) is 16.8 Å². The summed E-state index contributed by atoms with van der Waals surface area (Å²) in [6.45, 7) is 3.87. The number of nitrogens with zero attached hydrogens (tertiary/aromatic N) is 1. The van der Waals surface area contributed by atoms with Gasteiger partial charge in [0.15, 0.2) is 0 Å². The molecule has 1 heterocycles. The number of aliphatic hydroxyl groups is 1. The number of halogens is 1. The zero-order valence-electron chi connectivity index (χ0n) is 16.6. The van der Waals surface area contributed by atoms with Gasteiger partial charge in [-0.25, -0.2) is 0 Å². The number of carbonyl (C=O) groups is 2. The van der Waals surface area contributed by atoms with Gasteiger partial charge in [0.05, 0.1) is 11.6 Å². The van der Waals surface area contributed by atoms with Crippen LogP contribution in [-0.2, 0) is 9.59 Å². The van der Waals surface area contributed by atoms with E-state index in [0.29, 0.717) is 16.3 Å². The summed E-state index contributed by atoms with van der Waals surface area (Å²) in [5.41, 5.74) is 3.75. The number of carbonyl (C=O) groups excluding carboxylic acids is 2. The third-order valence-electron chi connectivity index (χ3n) is 5.18. The SMILES string of the molecule is Cc1cccc(C2/C(=C(\O)c3cccc(Cl)c3)C(=O)C(=O)N2c2cccc(C)c2)c1. The predicted octanol–water partition coefficient (Wildman–Crippen LogP) is 5.58. The Bertz CT molecular complexity index is 1200. The standard InChI is InChI=1S/C25H20ClNO3/c1-15-6-3-8-17(12-15)22-21(23(28)18-9-5-10-19(26)14-18)24(29)25(30)27(22)20-11-4-7-16(2)13-20/h3-14,22,28H,1-2H3/b23-21+. The van der Waals surface area contributed by atoms with Crippen LogP contribution in [0, 0.1) is 13.8 Å². The molecule has 4 nitrogen and oxygen atoms in total. The van der Waals surface area contributed by atoms with Gasteiger partial charge < -0.3 is 5.11 Å². The summed E-state index contributed by atoms with van der Waals surface area (Å²) < 4.78 is 0. The van der Waals surface area contributed by atoms with Crippen molar-refractivity contribution in [1.29, 1.82) is 0 Å². The van der Waals surface area contributed by atoms with Crippen LogP contribution < -0.4 is 4.90 Å².